The predicted octanol–water partition coefficient (Wildman–Crippen LogP) is -2.21. The van der Waals surface area contributed by atoms with Gasteiger partial charge in [0.15, 0.2) is 23.9 Å². The number of nitrogen functional groups attached to an aromatic ring is 1. The lowest BCUT2D eigenvalue weighted by molar-refractivity contribution is -0.0540. The first kappa shape index (κ1) is 29.1. The molecule has 5 heterocycles. The van der Waals surface area contributed by atoms with Crippen LogP contribution in [0.3, 0.4) is 0 Å². The SMILES string of the molecule is Nc1ncnc2c1ncn2[C@@H]1O[C@H](COP(=O)(O)OP(=O)(O)OC[C@H]2O[C@@H](n3ccnc3)[C@H](O)[C@@H]2O)[C@@H](O)[C@H]1O. The molecule has 0 spiro atoms. The van der Waals surface area contributed by atoms with Crippen molar-refractivity contribution < 1.29 is 62.2 Å². The third kappa shape index (κ3) is 5.81. The van der Waals surface area contributed by atoms with Gasteiger partial charge in [-0.15, -0.1) is 0 Å². The number of phosphoric ester groups is 2. The smallest absolute Gasteiger partial charge is 0.387 e. The van der Waals surface area contributed by atoms with E-state index in [-0.39, 0.29) is 17.0 Å². The van der Waals surface area contributed by atoms with Crippen LogP contribution in [0, 0.1) is 0 Å². The molecule has 2 saturated heterocycles. The number of anilines is 1. The summed E-state index contributed by atoms with van der Waals surface area (Å²) < 4.78 is 51.8. The minimum absolute atomic E-state index is 0.0638. The first-order chi connectivity index (χ1) is 18.9. The Morgan fingerprint density at radius 1 is 0.875 bits per heavy atom. The molecule has 0 aliphatic carbocycles. The Morgan fingerprint density at radius 2 is 1.48 bits per heavy atom. The van der Waals surface area contributed by atoms with Crippen molar-refractivity contribution >= 4 is 32.6 Å². The highest BCUT2D eigenvalue weighted by Gasteiger charge is 2.47. The molecule has 22 heteroatoms. The van der Waals surface area contributed by atoms with E-state index in [1.165, 1.54) is 34.2 Å². The van der Waals surface area contributed by atoms with Crippen molar-refractivity contribution in [3.63, 3.8) is 0 Å². The quantitative estimate of drug-likeness (QED) is 0.120. The number of aliphatic hydroxyl groups is 4. The lowest BCUT2D eigenvalue weighted by atomic mass is 10.1. The molecule has 2 aliphatic rings. The van der Waals surface area contributed by atoms with Gasteiger partial charge in [0.05, 0.1) is 25.9 Å². The van der Waals surface area contributed by atoms with Gasteiger partial charge < -0.3 is 50.0 Å². The van der Waals surface area contributed by atoms with Crippen LogP contribution in [0.25, 0.3) is 11.2 Å². The van der Waals surface area contributed by atoms with Gasteiger partial charge in [-0.3, -0.25) is 13.6 Å². The van der Waals surface area contributed by atoms with Gasteiger partial charge in [-0.1, -0.05) is 0 Å². The van der Waals surface area contributed by atoms with Crippen LogP contribution in [0.5, 0.6) is 0 Å². The number of phosphoric acid groups is 2. The van der Waals surface area contributed by atoms with Crippen molar-refractivity contribution in [3.8, 4) is 0 Å². The zero-order valence-electron chi connectivity index (χ0n) is 20.1. The molecule has 220 valence electrons. The lowest BCUT2D eigenvalue weighted by Gasteiger charge is -2.20. The van der Waals surface area contributed by atoms with E-state index >= 15 is 0 Å². The van der Waals surface area contributed by atoms with Crippen molar-refractivity contribution in [2.75, 3.05) is 18.9 Å². The summed E-state index contributed by atoms with van der Waals surface area (Å²) in [5.41, 5.74) is 6.13. The van der Waals surface area contributed by atoms with Gasteiger partial charge in [0.25, 0.3) is 0 Å². The van der Waals surface area contributed by atoms with Gasteiger partial charge in [-0.05, 0) is 0 Å². The second-order valence-corrected chi connectivity index (χ2v) is 11.8. The largest absolute Gasteiger partial charge is 0.481 e. The average Bonchev–Trinajstić information content (AvgIpc) is 3.67. The first-order valence-electron chi connectivity index (χ1n) is 11.5. The maximum Gasteiger partial charge on any atom is 0.481 e. The molecule has 2 fully saturated rings. The van der Waals surface area contributed by atoms with Gasteiger partial charge in [0, 0.05) is 12.4 Å². The van der Waals surface area contributed by atoms with Crippen LogP contribution in [0.1, 0.15) is 12.5 Å². The maximum absolute atomic E-state index is 12.3. The van der Waals surface area contributed by atoms with Crippen LogP contribution in [-0.4, -0.2) is 109 Å². The van der Waals surface area contributed by atoms with Crippen molar-refractivity contribution in [3.05, 3.63) is 31.4 Å². The third-order valence-electron chi connectivity index (χ3n) is 6.16. The molecular weight excluding hydrogens is 584 g/mol. The summed E-state index contributed by atoms with van der Waals surface area (Å²) in [7, 11) is -10.6. The number of ether oxygens (including phenoxy) is 2. The molecule has 0 aromatic carbocycles. The lowest BCUT2D eigenvalue weighted by Crippen LogP contribution is -2.33. The Labute approximate surface area is 223 Å². The van der Waals surface area contributed by atoms with E-state index in [0.29, 0.717) is 0 Å². The predicted molar refractivity (Wildman–Crippen MR) is 126 cm³/mol. The fourth-order valence-corrected chi connectivity index (χ4v) is 6.29. The van der Waals surface area contributed by atoms with E-state index in [0.717, 1.165) is 6.33 Å². The number of aliphatic hydroxyl groups excluding tert-OH is 4. The molecular formula is C18H25N7O13P2. The number of imidazole rings is 2. The Hall–Kier alpha value is -2.42. The number of nitrogens with zero attached hydrogens (tertiary/aromatic N) is 6. The molecule has 0 saturated carbocycles. The van der Waals surface area contributed by atoms with Crippen molar-refractivity contribution in [2.45, 2.75) is 49.1 Å². The highest BCUT2D eigenvalue weighted by molar-refractivity contribution is 7.61. The highest BCUT2D eigenvalue weighted by Crippen LogP contribution is 2.60. The second kappa shape index (κ2) is 11.1. The van der Waals surface area contributed by atoms with Gasteiger partial charge in [-0.2, -0.15) is 4.31 Å². The highest BCUT2D eigenvalue weighted by atomic mass is 31.3. The summed E-state index contributed by atoms with van der Waals surface area (Å²) >= 11 is 0. The molecule has 0 radical (unpaired) electrons. The Kier molecular flexibility index (Phi) is 8.07. The van der Waals surface area contributed by atoms with Crippen LogP contribution in [-0.2, 0) is 32.0 Å². The first-order valence-corrected chi connectivity index (χ1v) is 14.5. The Bertz CT molecular complexity index is 1430. The molecule has 0 bridgehead atoms. The average molecular weight is 609 g/mol. The fourth-order valence-electron chi connectivity index (χ4n) is 4.20. The number of aromatic nitrogens is 6. The van der Waals surface area contributed by atoms with Crippen molar-refractivity contribution in [2.24, 2.45) is 0 Å². The third-order valence-corrected chi connectivity index (χ3v) is 8.77. The van der Waals surface area contributed by atoms with Gasteiger partial charge in [-0.25, -0.2) is 29.1 Å². The molecule has 3 aromatic rings. The molecule has 2 unspecified atom stereocenters. The van der Waals surface area contributed by atoms with Crippen LogP contribution in [0.2, 0.25) is 0 Å². The summed E-state index contributed by atoms with van der Waals surface area (Å²) in [5.74, 6) is 0.0638. The van der Waals surface area contributed by atoms with Gasteiger partial charge in [0.1, 0.15) is 48.5 Å². The van der Waals surface area contributed by atoms with E-state index < -0.39 is 77.9 Å². The summed E-state index contributed by atoms with van der Waals surface area (Å²) in [5, 5.41) is 41.2. The fraction of sp³-hybridized carbons (Fsp3) is 0.556. The molecule has 0 amide bonds. The number of hydrogen-bond donors (Lipinski definition) is 7. The summed E-state index contributed by atoms with van der Waals surface area (Å²) in [6.45, 7) is -1.68. The molecule has 40 heavy (non-hydrogen) atoms. The number of rotatable bonds is 10. The Balaban J connectivity index is 1.15. The maximum atomic E-state index is 12.3. The molecule has 5 rings (SSSR count). The van der Waals surface area contributed by atoms with E-state index in [2.05, 4.69) is 28.8 Å². The molecule has 3 aromatic heterocycles. The zero-order valence-corrected chi connectivity index (χ0v) is 21.9. The number of nitrogens with two attached hydrogens (primary N) is 1. The zero-order chi connectivity index (χ0) is 28.8. The normalized spacial score (nSPS) is 33.8. The summed E-state index contributed by atoms with van der Waals surface area (Å²) in [6.07, 6.45) is -4.64. The van der Waals surface area contributed by atoms with Crippen molar-refractivity contribution in [1.29, 1.82) is 0 Å². The van der Waals surface area contributed by atoms with Crippen LogP contribution in [0.4, 0.5) is 5.82 Å². The van der Waals surface area contributed by atoms with E-state index in [9.17, 15) is 39.3 Å². The summed E-state index contributed by atoms with van der Waals surface area (Å²) in [6, 6.07) is 0. The van der Waals surface area contributed by atoms with Gasteiger partial charge in [0.2, 0.25) is 0 Å². The topological polar surface area (TPSA) is 289 Å². The van der Waals surface area contributed by atoms with Crippen LogP contribution in [0.15, 0.2) is 31.4 Å². The standard InChI is InChI=1S/C18H25N7O13P2/c19-15-10-16(22-5-21-15)25(7-23-10)18-14(29)12(27)9(37-18)4-35-40(32,33)38-39(30,31)34-3-8-11(26)13(28)17(36-8)24-2-1-20-6-24/h1-2,5-9,11-14,17-18,26-29H,3-4H2,(H,30,31)(H,32,33)(H2,19,21,22)/t8-,9-,11-,12-,13-,14-,17-,18-/m1/s1. The minimum atomic E-state index is -5.31. The Morgan fingerprint density at radius 3 is 2.08 bits per heavy atom. The monoisotopic (exact) mass is 609 g/mol. The molecule has 8 N–H and O–H groups in total. The van der Waals surface area contributed by atoms with E-state index in [1.807, 2.05) is 0 Å². The second-order valence-electron chi connectivity index (χ2n) is 8.80. The number of fused-ring (bicyclic) bond motifs is 1. The number of hydrogen-bond acceptors (Lipinski definition) is 16. The van der Waals surface area contributed by atoms with Crippen LogP contribution >= 0.6 is 15.6 Å². The van der Waals surface area contributed by atoms with Crippen molar-refractivity contribution in [1.82, 2.24) is 29.1 Å². The van der Waals surface area contributed by atoms with Crippen LogP contribution < -0.4 is 5.73 Å². The van der Waals surface area contributed by atoms with E-state index in [4.69, 9.17) is 19.7 Å². The minimum Gasteiger partial charge on any atom is -0.387 e. The molecule has 2 aliphatic heterocycles. The van der Waals surface area contributed by atoms with Gasteiger partial charge >= 0.3 is 15.6 Å². The molecule has 20 nitrogen and oxygen atoms in total. The summed E-state index contributed by atoms with van der Waals surface area (Å²) in [4.78, 5) is 35.5. The van der Waals surface area contributed by atoms with E-state index in [1.54, 1.807) is 0 Å². The molecule has 10 atom stereocenters.